The maximum absolute atomic E-state index is 12.2. The molecule has 0 bridgehead atoms. The number of carbonyl (C=O) groups is 2. The van der Waals surface area contributed by atoms with Gasteiger partial charge in [0.15, 0.2) is 0 Å². The van der Waals surface area contributed by atoms with Crippen LogP contribution in [-0.4, -0.2) is 52.9 Å². The molecule has 2 aliphatic heterocycles. The molecule has 7 nitrogen and oxygen atoms in total. The van der Waals surface area contributed by atoms with Crippen molar-refractivity contribution in [2.24, 2.45) is 17.1 Å². The fourth-order valence-corrected chi connectivity index (χ4v) is 3.60. The Morgan fingerprint density at radius 3 is 3.00 bits per heavy atom. The van der Waals surface area contributed by atoms with Crippen molar-refractivity contribution in [3.8, 4) is 0 Å². The Kier molecular flexibility index (Phi) is 4.62. The summed E-state index contributed by atoms with van der Waals surface area (Å²) >= 11 is 0. The van der Waals surface area contributed by atoms with E-state index in [4.69, 9.17) is 5.73 Å². The number of amides is 2. The minimum atomic E-state index is -0.205. The summed E-state index contributed by atoms with van der Waals surface area (Å²) in [4.78, 5) is 33.7. The van der Waals surface area contributed by atoms with E-state index in [2.05, 4.69) is 34.0 Å². The fraction of sp³-hybridized carbons (Fsp3) is 0.706. The zero-order chi connectivity index (χ0) is 17.3. The van der Waals surface area contributed by atoms with Crippen LogP contribution < -0.4 is 11.1 Å². The Balaban J connectivity index is 1.64. The maximum atomic E-state index is 12.2. The molecule has 1 aromatic rings. The topological polar surface area (TPSA) is 104 Å². The van der Waals surface area contributed by atoms with Crippen LogP contribution >= 0.6 is 0 Å². The van der Waals surface area contributed by atoms with E-state index in [9.17, 15) is 9.59 Å². The molecule has 2 aliphatic rings. The SMILES string of the molecule is CC1(C)CNC(=O)c2nc(CCN3CCC[C@H](C(N)=O)C3)[nH]c2C1. The normalized spacial score (nSPS) is 24.1. The lowest BCUT2D eigenvalue weighted by molar-refractivity contribution is -0.123. The molecule has 132 valence electrons. The van der Waals surface area contributed by atoms with Crippen molar-refractivity contribution in [2.75, 3.05) is 26.2 Å². The lowest BCUT2D eigenvalue weighted by atomic mass is 9.88. The molecule has 1 aromatic heterocycles. The molecule has 0 aliphatic carbocycles. The number of piperidine rings is 1. The largest absolute Gasteiger partial charge is 0.369 e. The summed E-state index contributed by atoms with van der Waals surface area (Å²) in [6, 6.07) is 0. The Morgan fingerprint density at radius 2 is 2.25 bits per heavy atom. The van der Waals surface area contributed by atoms with E-state index >= 15 is 0 Å². The molecule has 0 radical (unpaired) electrons. The number of imidazole rings is 1. The maximum Gasteiger partial charge on any atom is 0.271 e. The monoisotopic (exact) mass is 333 g/mol. The minimum absolute atomic E-state index is 0.0201. The van der Waals surface area contributed by atoms with Crippen molar-refractivity contribution in [1.29, 1.82) is 0 Å². The first-order valence-corrected chi connectivity index (χ1v) is 8.72. The average molecular weight is 333 g/mol. The molecule has 3 heterocycles. The van der Waals surface area contributed by atoms with Crippen molar-refractivity contribution < 1.29 is 9.59 Å². The zero-order valence-electron chi connectivity index (χ0n) is 14.5. The average Bonchev–Trinajstić information content (AvgIpc) is 2.88. The van der Waals surface area contributed by atoms with E-state index in [-0.39, 0.29) is 23.1 Å². The molecule has 0 aromatic carbocycles. The third-order valence-corrected chi connectivity index (χ3v) is 5.00. The summed E-state index contributed by atoms with van der Waals surface area (Å²) < 4.78 is 0. The highest BCUT2D eigenvalue weighted by atomic mass is 16.2. The van der Waals surface area contributed by atoms with Gasteiger partial charge in [0.25, 0.3) is 5.91 Å². The highest BCUT2D eigenvalue weighted by molar-refractivity contribution is 5.93. The molecule has 0 unspecified atom stereocenters. The number of aromatic nitrogens is 2. The van der Waals surface area contributed by atoms with Crippen molar-refractivity contribution in [1.82, 2.24) is 20.2 Å². The van der Waals surface area contributed by atoms with Gasteiger partial charge in [-0.05, 0) is 31.2 Å². The fourth-order valence-electron chi connectivity index (χ4n) is 3.60. The molecule has 7 heteroatoms. The van der Waals surface area contributed by atoms with Gasteiger partial charge in [-0.15, -0.1) is 0 Å². The van der Waals surface area contributed by atoms with E-state index in [0.29, 0.717) is 12.2 Å². The molecule has 1 saturated heterocycles. The Bertz CT molecular complexity index is 637. The van der Waals surface area contributed by atoms with Crippen LogP contribution in [0.3, 0.4) is 0 Å². The highest BCUT2D eigenvalue weighted by Gasteiger charge is 2.30. The first-order valence-electron chi connectivity index (χ1n) is 8.72. The number of rotatable bonds is 4. The molecule has 0 saturated carbocycles. The molecule has 4 N–H and O–H groups in total. The van der Waals surface area contributed by atoms with Crippen LogP contribution in [0.25, 0.3) is 0 Å². The predicted octanol–water partition coefficient (Wildman–Crippen LogP) is 0.462. The second-order valence-corrected chi connectivity index (χ2v) is 7.83. The van der Waals surface area contributed by atoms with Crippen LogP contribution in [0, 0.1) is 11.3 Å². The Labute approximate surface area is 142 Å². The van der Waals surface area contributed by atoms with Crippen molar-refractivity contribution >= 4 is 11.8 Å². The number of carbonyl (C=O) groups excluding carboxylic acids is 2. The summed E-state index contributed by atoms with van der Waals surface area (Å²) in [5.41, 5.74) is 6.91. The molecule has 1 atom stereocenters. The quantitative estimate of drug-likeness (QED) is 0.744. The molecule has 2 amide bonds. The second kappa shape index (κ2) is 6.55. The number of hydrogen-bond acceptors (Lipinski definition) is 4. The van der Waals surface area contributed by atoms with Crippen LogP contribution in [0.15, 0.2) is 0 Å². The Hall–Kier alpha value is -1.89. The van der Waals surface area contributed by atoms with E-state index in [1.54, 1.807) is 0 Å². The van der Waals surface area contributed by atoms with Gasteiger partial charge in [-0.3, -0.25) is 9.59 Å². The summed E-state index contributed by atoms with van der Waals surface area (Å²) in [5, 5.41) is 2.94. The van der Waals surface area contributed by atoms with Gasteiger partial charge in [0.1, 0.15) is 11.5 Å². The van der Waals surface area contributed by atoms with Crippen LogP contribution in [-0.2, 0) is 17.6 Å². The predicted molar refractivity (Wildman–Crippen MR) is 90.5 cm³/mol. The first-order chi connectivity index (χ1) is 11.3. The number of H-pyrrole nitrogens is 1. The Morgan fingerprint density at radius 1 is 1.46 bits per heavy atom. The minimum Gasteiger partial charge on any atom is -0.369 e. The van der Waals surface area contributed by atoms with Crippen LogP contribution in [0.5, 0.6) is 0 Å². The summed E-state index contributed by atoms with van der Waals surface area (Å²) in [6.45, 7) is 7.47. The van der Waals surface area contributed by atoms with Crippen LogP contribution in [0.4, 0.5) is 0 Å². The molecule has 0 spiro atoms. The lowest BCUT2D eigenvalue weighted by Gasteiger charge is -2.30. The van der Waals surface area contributed by atoms with Crippen LogP contribution in [0.2, 0.25) is 0 Å². The van der Waals surface area contributed by atoms with E-state index in [1.165, 1.54) is 0 Å². The number of hydrogen-bond donors (Lipinski definition) is 3. The smallest absolute Gasteiger partial charge is 0.271 e. The van der Waals surface area contributed by atoms with Crippen molar-refractivity contribution in [3.05, 3.63) is 17.2 Å². The molecular weight excluding hydrogens is 306 g/mol. The molecule has 24 heavy (non-hydrogen) atoms. The van der Waals surface area contributed by atoms with Gasteiger partial charge in [0.2, 0.25) is 5.91 Å². The summed E-state index contributed by atoms with van der Waals surface area (Å²) in [7, 11) is 0. The number of primary amides is 1. The van der Waals surface area contributed by atoms with Gasteiger partial charge < -0.3 is 20.9 Å². The van der Waals surface area contributed by atoms with E-state index < -0.39 is 0 Å². The van der Waals surface area contributed by atoms with Gasteiger partial charge in [-0.2, -0.15) is 0 Å². The summed E-state index contributed by atoms with van der Waals surface area (Å²) in [6.07, 6.45) is 3.43. The van der Waals surface area contributed by atoms with Crippen molar-refractivity contribution in [2.45, 2.75) is 39.5 Å². The first kappa shape index (κ1) is 17.0. The molecule has 1 fully saturated rings. The van der Waals surface area contributed by atoms with Gasteiger partial charge in [0, 0.05) is 31.7 Å². The number of fused-ring (bicyclic) bond motifs is 1. The third kappa shape index (κ3) is 3.77. The van der Waals surface area contributed by atoms with Gasteiger partial charge >= 0.3 is 0 Å². The number of likely N-dealkylation sites (tertiary alicyclic amines) is 1. The van der Waals surface area contributed by atoms with Gasteiger partial charge in [0.05, 0.1) is 5.92 Å². The van der Waals surface area contributed by atoms with E-state index in [0.717, 1.165) is 56.8 Å². The van der Waals surface area contributed by atoms with Gasteiger partial charge in [-0.1, -0.05) is 13.8 Å². The van der Waals surface area contributed by atoms with E-state index in [1.807, 2.05) is 0 Å². The number of nitrogens with one attached hydrogen (secondary N) is 2. The third-order valence-electron chi connectivity index (χ3n) is 5.00. The number of aromatic amines is 1. The number of nitrogens with zero attached hydrogens (tertiary/aromatic N) is 2. The zero-order valence-corrected chi connectivity index (χ0v) is 14.5. The number of nitrogens with two attached hydrogens (primary N) is 1. The van der Waals surface area contributed by atoms with Gasteiger partial charge in [-0.25, -0.2) is 4.98 Å². The standard InChI is InChI=1S/C17H27N5O2/c1-17(2)8-12-14(16(24)19-10-17)21-13(20-12)5-7-22-6-3-4-11(9-22)15(18)23/h11H,3-10H2,1-2H3,(H2,18,23)(H,19,24)(H,20,21)/t11-/m0/s1. The highest BCUT2D eigenvalue weighted by Crippen LogP contribution is 2.25. The molecule has 3 rings (SSSR count). The van der Waals surface area contributed by atoms with Crippen LogP contribution in [0.1, 0.15) is 48.7 Å². The lowest BCUT2D eigenvalue weighted by Crippen LogP contribution is -2.41. The molecular formula is C17H27N5O2. The second-order valence-electron chi connectivity index (χ2n) is 7.83. The van der Waals surface area contributed by atoms with Crippen molar-refractivity contribution in [3.63, 3.8) is 0 Å². The summed E-state index contributed by atoms with van der Waals surface area (Å²) in [5.74, 6) is 0.501.